The van der Waals surface area contributed by atoms with Crippen molar-refractivity contribution in [2.75, 3.05) is 13.2 Å². The number of aromatic nitrogens is 1. The number of rotatable bonds is 3. The van der Waals surface area contributed by atoms with Gasteiger partial charge in [0.1, 0.15) is 18.2 Å². The molecule has 0 unspecified atom stereocenters. The molecule has 1 amide bonds. The third kappa shape index (κ3) is 3.11. The zero-order valence-corrected chi connectivity index (χ0v) is 12.9. The molecule has 5 nitrogen and oxygen atoms in total. The highest BCUT2D eigenvalue weighted by atomic mass is 35.5. The largest absolute Gasteiger partial charge is 0.486 e. The third-order valence-electron chi connectivity index (χ3n) is 2.93. The molecule has 0 atom stereocenters. The van der Waals surface area contributed by atoms with Crippen LogP contribution in [0.3, 0.4) is 0 Å². The lowest BCUT2D eigenvalue weighted by atomic mass is 10.2. The fourth-order valence-corrected chi connectivity index (χ4v) is 2.96. The van der Waals surface area contributed by atoms with E-state index in [-0.39, 0.29) is 5.91 Å². The Morgan fingerprint density at radius 3 is 3.00 bits per heavy atom. The molecule has 0 spiro atoms. The van der Waals surface area contributed by atoms with Gasteiger partial charge < -0.3 is 14.8 Å². The van der Waals surface area contributed by atoms with E-state index in [1.54, 1.807) is 12.1 Å². The fourth-order valence-electron chi connectivity index (χ4n) is 1.98. The molecule has 0 radical (unpaired) electrons. The molecule has 1 N–H and O–H groups in total. The zero-order valence-electron chi connectivity index (χ0n) is 11.3. The SMILES string of the molecule is Cc1csc(CNC(=O)c2cc(Cl)c3c(c2)OCCO3)n1. The molecule has 0 bridgehead atoms. The molecule has 3 rings (SSSR count). The average Bonchev–Trinajstić information content (AvgIpc) is 2.90. The van der Waals surface area contributed by atoms with Gasteiger partial charge >= 0.3 is 0 Å². The van der Waals surface area contributed by atoms with Crippen molar-refractivity contribution in [3.05, 3.63) is 38.8 Å². The molecule has 21 heavy (non-hydrogen) atoms. The number of amides is 1. The van der Waals surface area contributed by atoms with Crippen molar-refractivity contribution in [3.8, 4) is 11.5 Å². The second-order valence-corrected chi connectivity index (χ2v) is 5.90. The van der Waals surface area contributed by atoms with Gasteiger partial charge in [0.2, 0.25) is 0 Å². The fraction of sp³-hybridized carbons (Fsp3) is 0.286. The van der Waals surface area contributed by atoms with Crippen LogP contribution in [0.2, 0.25) is 5.02 Å². The van der Waals surface area contributed by atoms with Crippen LogP contribution in [0.4, 0.5) is 0 Å². The number of hydrogen-bond donors (Lipinski definition) is 1. The predicted molar refractivity (Wildman–Crippen MR) is 80.5 cm³/mol. The standard InChI is InChI=1S/C14H13ClN2O3S/c1-8-7-21-12(17-8)6-16-14(18)9-4-10(15)13-11(5-9)19-2-3-20-13/h4-5,7H,2-3,6H2,1H3,(H,16,18). The molecule has 1 aromatic heterocycles. The monoisotopic (exact) mass is 324 g/mol. The van der Waals surface area contributed by atoms with Crippen LogP contribution in [0.25, 0.3) is 0 Å². The topological polar surface area (TPSA) is 60.5 Å². The van der Waals surface area contributed by atoms with Crippen molar-refractivity contribution in [2.45, 2.75) is 13.5 Å². The summed E-state index contributed by atoms with van der Waals surface area (Å²) in [5.74, 6) is 0.778. The minimum atomic E-state index is -0.221. The summed E-state index contributed by atoms with van der Waals surface area (Å²) in [6.45, 7) is 3.22. The maximum absolute atomic E-state index is 12.2. The summed E-state index contributed by atoms with van der Waals surface area (Å²) in [5, 5.41) is 6.01. The smallest absolute Gasteiger partial charge is 0.251 e. The Hall–Kier alpha value is -1.79. The number of hydrogen-bond acceptors (Lipinski definition) is 5. The number of carbonyl (C=O) groups is 1. The highest BCUT2D eigenvalue weighted by Crippen LogP contribution is 2.38. The minimum Gasteiger partial charge on any atom is -0.486 e. The zero-order chi connectivity index (χ0) is 14.8. The third-order valence-corrected chi connectivity index (χ3v) is 4.17. The first-order chi connectivity index (χ1) is 10.1. The van der Waals surface area contributed by atoms with Gasteiger partial charge in [0.05, 0.1) is 11.6 Å². The van der Waals surface area contributed by atoms with E-state index in [1.165, 1.54) is 11.3 Å². The maximum atomic E-state index is 12.2. The lowest BCUT2D eigenvalue weighted by molar-refractivity contribution is 0.0949. The molecule has 0 saturated heterocycles. The summed E-state index contributed by atoms with van der Waals surface area (Å²) in [4.78, 5) is 16.5. The summed E-state index contributed by atoms with van der Waals surface area (Å²) in [5.41, 5.74) is 1.39. The molecule has 1 aliphatic rings. The molecule has 2 aromatic rings. The lowest BCUT2D eigenvalue weighted by Gasteiger charge is -2.20. The van der Waals surface area contributed by atoms with Crippen LogP contribution in [0.1, 0.15) is 21.1 Å². The molecule has 0 fully saturated rings. The van der Waals surface area contributed by atoms with Crippen LogP contribution in [-0.2, 0) is 6.54 Å². The Morgan fingerprint density at radius 2 is 2.24 bits per heavy atom. The van der Waals surface area contributed by atoms with Crippen molar-refractivity contribution in [3.63, 3.8) is 0 Å². The van der Waals surface area contributed by atoms with Gasteiger partial charge in [-0.05, 0) is 19.1 Å². The Kier molecular flexibility index (Phi) is 3.98. The summed E-state index contributed by atoms with van der Waals surface area (Å²) in [6, 6.07) is 3.22. The van der Waals surface area contributed by atoms with Crippen LogP contribution in [-0.4, -0.2) is 24.1 Å². The van der Waals surface area contributed by atoms with E-state index in [1.807, 2.05) is 12.3 Å². The molecular weight excluding hydrogens is 312 g/mol. The summed E-state index contributed by atoms with van der Waals surface area (Å²) < 4.78 is 10.9. The molecule has 1 aromatic carbocycles. The van der Waals surface area contributed by atoms with Crippen molar-refractivity contribution < 1.29 is 14.3 Å². The van der Waals surface area contributed by atoms with Gasteiger partial charge in [-0.2, -0.15) is 0 Å². The molecule has 7 heteroatoms. The van der Waals surface area contributed by atoms with Gasteiger partial charge in [-0.1, -0.05) is 11.6 Å². The van der Waals surface area contributed by atoms with Gasteiger partial charge in [0, 0.05) is 16.6 Å². The predicted octanol–water partition coefficient (Wildman–Crippen LogP) is 2.81. The van der Waals surface area contributed by atoms with Gasteiger partial charge in [0.15, 0.2) is 11.5 Å². The molecule has 110 valence electrons. The number of benzene rings is 1. The van der Waals surface area contributed by atoms with Gasteiger partial charge in [-0.15, -0.1) is 11.3 Å². The molecule has 2 heterocycles. The average molecular weight is 325 g/mol. The molecule has 1 aliphatic heterocycles. The van der Waals surface area contributed by atoms with Crippen molar-refractivity contribution in [2.24, 2.45) is 0 Å². The van der Waals surface area contributed by atoms with Crippen LogP contribution < -0.4 is 14.8 Å². The van der Waals surface area contributed by atoms with Gasteiger partial charge in [0.25, 0.3) is 5.91 Å². The Balaban J connectivity index is 1.74. The Labute approximate surface area is 130 Å². The van der Waals surface area contributed by atoms with E-state index in [2.05, 4.69) is 10.3 Å². The summed E-state index contributed by atoms with van der Waals surface area (Å²) in [7, 11) is 0. The van der Waals surface area contributed by atoms with Crippen LogP contribution in [0, 0.1) is 6.92 Å². The number of carbonyl (C=O) groups excluding carboxylic acids is 1. The highest BCUT2D eigenvalue weighted by molar-refractivity contribution is 7.09. The maximum Gasteiger partial charge on any atom is 0.251 e. The number of nitrogens with one attached hydrogen (secondary N) is 1. The summed E-state index contributed by atoms with van der Waals surface area (Å²) in [6.07, 6.45) is 0. The Bertz CT molecular complexity index is 687. The number of aryl methyl sites for hydroxylation is 1. The van der Waals surface area contributed by atoms with Crippen molar-refractivity contribution >= 4 is 28.8 Å². The number of nitrogens with zero attached hydrogens (tertiary/aromatic N) is 1. The summed E-state index contributed by atoms with van der Waals surface area (Å²) >= 11 is 7.63. The quantitative estimate of drug-likeness (QED) is 0.943. The van der Waals surface area contributed by atoms with Gasteiger partial charge in [-0.3, -0.25) is 4.79 Å². The lowest BCUT2D eigenvalue weighted by Crippen LogP contribution is -2.23. The van der Waals surface area contributed by atoms with E-state index < -0.39 is 0 Å². The second-order valence-electron chi connectivity index (χ2n) is 4.55. The first-order valence-corrected chi connectivity index (χ1v) is 7.67. The van der Waals surface area contributed by atoms with Crippen molar-refractivity contribution in [1.29, 1.82) is 0 Å². The Morgan fingerprint density at radius 1 is 1.43 bits per heavy atom. The highest BCUT2D eigenvalue weighted by Gasteiger charge is 2.19. The van der Waals surface area contributed by atoms with E-state index in [9.17, 15) is 4.79 Å². The normalized spacial score (nSPS) is 13.0. The first-order valence-electron chi connectivity index (χ1n) is 6.42. The second kappa shape index (κ2) is 5.91. The number of thiazole rings is 1. The minimum absolute atomic E-state index is 0.221. The molecule has 0 saturated carbocycles. The van der Waals surface area contributed by atoms with E-state index in [0.29, 0.717) is 41.8 Å². The number of fused-ring (bicyclic) bond motifs is 1. The van der Waals surface area contributed by atoms with Gasteiger partial charge in [-0.25, -0.2) is 4.98 Å². The first kappa shape index (κ1) is 14.2. The van der Waals surface area contributed by atoms with Crippen LogP contribution in [0.5, 0.6) is 11.5 Å². The van der Waals surface area contributed by atoms with Crippen LogP contribution in [0.15, 0.2) is 17.5 Å². The van der Waals surface area contributed by atoms with E-state index >= 15 is 0 Å². The van der Waals surface area contributed by atoms with E-state index in [0.717, 1.165) is 10.7 Å². The van der Waals surface area contributed by atoms with Crippen LogP contribution >= 0.6 is 22.9 Å². The van der Waals surface area contributed by atoms with Crippen molar-refractivity contribution in [1.82, 2.24) is 10.3 Å². The number of ether oxygens (including phenoxy) is 2. The molecular formula is C14H13ClN2O3S. The van der Waals surface area contributed by atoms with E-state index in [4.69, 9.17) is 21.1 Å². The molecule has 0 aliphatic carbocycles. The number of halogens is 1.